The standard InChI is InChI=1S/C17H16N2/c1-3-16(14-10-6-4-7-11-14)19-17(18-2)15-12-8-5-9-13-15/h3-13H,2H2,1H3/b16-3-,19-17?. The molecule has 0 aliphatic rings. The van der Waals surface area contributed by atoms with Gasteiger partial charge in [0.2, 0.25) is 0 Å². The highest BCUT2D eigenvalue weighted by atomic mass is 14.9. The highest BCUT2D eigenvalue weighted by molar-refractivity contribution is 6.04. The van der Waals surface area contributed by atoms with Gasteiger partial charge in [-0.3, -0.25) is 0 Å². The van der Waals surface area contributed by atoms with Crippen molar-refractivity contribution in [3.8, 4) is 0 Å². The summed E-state index contributed by atoms with van der Waals surface area (Å²) in [5.74, 6) is 0.637. The van der Waals surface area contributed by atoms with Crippen LogP contribution in [0.4, 0.5) is 0 Å². The first-order chi connectivity index (χ1) is 9.35. The van der Waals surface area contributed by atoms with Crippen molar-refractivity contribution in [2.75, 3.05) is 0 Å². The van der Waals surface area contributed by atoms with E-state index in [0.29, 0.717) is 5.84 Å². The number of hydrogen-bond acceptors (Lipinski definition) is 1. The van der Waals surface area contributed by atoms with Crippen molar-refractivity contribution in [1.82, 2.24) is 0 Å². The maximum absolute atomic E-state index is 4.60. The lowest BCUT2D eigenvalue weighted by atomic mass is 10.1. The van der Waals surface area contributed by atoms with Gasteiger partial charge in [0.05, 0.1) is 5.70 Å². The Hall–Kier alpha value is -2.48. The zero-order valence-electron chi connectivity index (χ0n) is 11.0. The molecule has 0 aliphatic heterocycles. The monoisotopic (exact) mass is 248 g/mol. The third-order valence-corrected chi connectivity index (χ3v) is 2.75. The lowest BCUT2D eigenvalue weighted by molar-refractivity contribution is 1.44. The molecule has 0 spiro atoms. The summed E-state index contributed by atoms with van der Waals surface area (Å²) in [7, 11) is 0. The van der Waals surface area contributed by atoms with Crippen LogP contribution in [0.2, 0.25) is 0 Å². The summed E-state index contributed by atoms with van der Waals surface area (Å²) in [4.78, 5) is 8.63. The highest BCUT2D eigenvalue weighted by Gasteiger charge is 2.03. The molecule has 2 nitrogen and oxygen atoms in total. The number of hydrogen-bond donors (Lipinski definition) is 0. The molecule has 19 heavy (non-hydrogen) atoms. The van der Waals surface area contributed by atoms with Crippen molar-refractivity contribution in [2.24, 2.45) is 9.98 Å². The lowest BCUT2D eigenvalue weighted by Crippen LogP contribution is -1.97. The Morgan fingerprint density at radius 3 is 1.89 bits per heavy atom. The minimum atomic E-state index is 0.637. The summed E-state index contributed by atoms with van der Waals surface area (Å²) < 4.78 is 0. The summed E-state index contributed by atoms with van der Waals surface area (Å²) in [6, 6.07) is 19.9. The van der Waals surface area contributed by atoms with Crippen LogP contribution in [0.5, 0.6) is 0 Å². The Labute approximate surface area is 113 Å². The fraction of sp³-hybridized carbons (Fsp3) is 0.0588. The van der Waals surface area contributed by atoms with E-state index in [2.05, 4.69) is 16.7 Å². The minimum absolute atomic E-state index is 0.637. The van der Waals surface area contributed by atoms with Crippen LogP contribution in [0.1, 0.15) is 18.1 Å². The van der Waals surface area contributed by atoms with E-state index in [-0.39, 0.29) is 0 Å². The van der Waals surface area contributed by atoms with Crippen LogP contribution in [-0.2, 0) is 0 Å². The predicted octanol–water partition coefficient (Wildman–Crippen LogP) is 4.19. The van der Waals surface area contributed by atoms with Gasteiger partial charge in [0.1, 0.15) is 0 Å². The fourth-order valence-electron chi connectivity index (χ4n) is 1.80. The second kappa shape index (κ2) is 6.45. The van der Waals surface area contributed by atoms with Crippen molar-refractivity contribution in [1.29, 1.82) is 0 Å². The molecule has 0 heterocycles. The number of allylic oxidation sites excluding steroid dienone is 1. The quantitative estimate of drug-likeness (QED) is 0.574. The molecule has 2 aromatic rings. The molecule has 2 rings (SSSR count). The summed E-state index contributed by atoms with van der Waals surface area (Å²) in [5, 5.41) is 0. The van der Waals surface area contributed by atoms with Crippen LogP contribution in [0.15, 0.2) is 76.7 Å². The van der Waals surface area contributed by atoms with Crippen molar-refractivity contribution in [3.63, 3.8) is 0 Å². The zero-order chi connectivity index (χ0) is 13.5. The SMILES string of the molecule is C=NC(=N/C(=C\C)c1ccccc1)c1ccccc1. The molecule has 0 saturated heterocycles. The molecule has 0 aliphatic carbocycles. The highest BCUT2D eigenvalue weighted by Crippen LogP contribution is 2.17. The molecule has 2 aromatic carbocycles. The molecule has 0 radical (unpaired) electrons. The summed E-state index contributed by atoms with van der Waals surface area (Å²) in [6.07, 6.45) is 1.98. The Balaban J connectivity index is 2.40. The van der Waals surface area contributed by atoms with Gasteiger partial charge in [-0.15, -0.1) is 0 Å². The normalized spacial score (nSPS) is 12.3. The van der Waals surface area contributed by atoms with E-state index in [1.54, 1.807) is 0 Å². The summed E-state index contributed by atoms with van der Waals surface area (Å²) in [5.41, 5.74) is 2.93. The molecular weight excluding hydrogens is 232 g/mol. The maximum atomic E-state index is 4.60. The van der Waals surface area contributed by atoms with Crippen LogP contribution in [-0.4, -0.2) is 12.6 Å². The number of aliphatic imine (C=N–C) groups is 2. The van der Waals surface area contributed by atoms with Crippen molar-refractivity contribution >= 4 is 18.3 Å². The largest absolute Gasteiger partial charge is 0.245 e. The first kappa shape index (κ1) is 13.0. The number of benzene rings is 2. The molecule has 0 unspecified atom stereocenters. The molecule has 0 N–H and O–H groups in total. The molecular formula is C17H16N2. The van der Waals surface area contributed by atoms with Gasteiger partial charge < -0.3 is 0 Å². The molecule has 94 valence electrons. The Morgan fingerprint density at radius 2 is 1.42 bits per heavy atom. The van der Waals surface area contributed by atoms with E-state index in [0.717, 1.165) is 16.8 Å². The maximum Gasteiger partial charge on any atom is 0.159 e. The van der Waals surface area contributed by atoms with Crippen molar-refractivity contribution in [3.05, 3.63) is 77.9 Å². The van der Waals surface area contributed by atoms with E-state index in [9.17, 15) is 0 Å². The van der Waals surface area contributed by atoms with Gasteiger partial charge in [0.25, 0.3) is 0 Å². The first-order valence-corrected chi connectivity index (χ1v) is 6.17. The van der Waals surface area contributed by atoms with E-state index in [4.69, 9.17) is 0 Å². The van der Waals surface area contributed by atoms with E-state index in [1.165, 1.54) is 0 Å². The van der Waals surface area contributed by atoms with Gasteiger partial charge >= 0.3 is 0 Å². The molecule has 2 heteroatoms. The fourth-order valence-corrected chi connectivity index (χ4v) is 1.80. The zero-order valence-corrected chi connectivity index (χ0v) is 11.0. The van der Waals surface area contributed by atoms with Gasteiger partial charge in [0, 0.05) is 5.56 Å². The van der Waals surface area contributed by atoms with Gasteiger partial charge in [-0.1, -0.05) is 66.7 Å². The van der Waals surface area contributed by atoms with Crippen LogP contribution >= 0.6 is 0 Å². The van der Waals surface area contributed by atoms with Gasteiger partial charge in [-0.2, -0.15) is 0 Å². The van der Waals surface area contributed by atoms with Crippen LogP contribution in [0.3, 0.4) is 0 Å². The van der Waals surface area contributed by atoms with Crippen molar-refractivity contribution < 1.29 is 0 Å². The van der Waals surface area contributed by atoms with Gasteiger partial charge in [-0.05, 0) is 19.2 Å². The van der Waals surface area contributed by atoms with Crippen LogP contribution in [0.25, 0.3) is 5.70 Å². The molecule has 0 saturated carbocycles. The smallest absolute Gasteiger partial charge is 0.159 e. The molecule has 0 aromatic heterocycles. The first-order valence-electron chi connectivity index (χ1n) is 6.17. The van der Waals surface area contributed by atoms with E-state index < -0.39 is 0 Å². The lowest BCUT2D eigenvalue weighted by Gasteiger charge is -2.04. The average molecular weight is 248 g/mol. The second-order valence-corrected chi connectivity index (χ2v) is 4.00. The third kappa shape index (κ3) is 3.26. The Kier molecular flexibility index (Phi) is 4.40. The second-order valence-electron chi connectivity index (χ2n) is 4.00. The number of nitrogens with zero attached hydrogens (tertiary/aromatic N) is 2. The topological polar surface area (TPSA) is 24.7 Å². The van der Waals surface area contributed by atoms with Crippen LogP contribution in [0, 0.1) is 0 Å². The van der Waals surface area contributed by atoms with Crippen molar-refractivity contribution in [2.45, 2.75) is 6.92 Å². The predicted molar refractivity (Wildman–Crippen MR) is 82.6 cm³/mol. The summed E-state index contributed by atoms with van der Waals surface area (Å²) in [6.45, 7) is 5.58. The van der Waals surface area contributed by atoms with E-state index >= 15 is 0 Å². The minimum Gasteiger partial charge on any atom is -0.245 e. The molecule has 0 fully saturated rings. The van der Waals surface area contributed by atoms with E-state index in [1.807, 2.05) is 73.7 Å². The Bertz CT molecular complexity index is 596. The van der Waals surface area contributed by atoms with Crippen LogP contribution < -0.4 is 0 Å². The Morgan fingerprint density at radius 1 is 0.895 bits per heavy atom. The van der Waals surface area contributed by atoms with Gasteiger partial charge in [0.15, 0.2) is 5.84 Å². The molecule has 0 bridgehead atoms. The average Bonchev–Trinajstić information content (AvgIpc) is 2.50. The number of amidine groups is 1. The molecule has 0 atom stereocenters. The third-order valence-electron chi connectivity index (χ3n) is 2.75. The van der Waals surface area contributed by atoms with Gasteiger partial charge in [-0.25, -0.2) is 9.98 Å². The summed E-state index contributed by atoms with van der Waals surface area (Å²) >= 11 is 0. The molecule has 0 amide bonds. The number of rotatable bonds is 3.